The van der Waals surface area contributed by atoms with Crippen molar-refractivity contribution in [2.75, 3.05) is 6.61 Å². The predicted octanol–water partition coefficient (Wildman–Crippen LogP) is 3.54. The summed E-state index contributed by atoms with van der Waals surface area (Å²) in [5.74, 6) is 0.0345. The Hall–Kier alpha value is -2.09. The van der Waals surface area contributed by atoms with Crippen molar-refractivity contribution >= 4 is 27.5 Å². The molecule has 0 aliphatic heterocycles. The lowest BCUT2D eigenvalue weighted by atomic mass is 10.1. The summed E-state index contributed by atoms with van der Waals surface area (Å²) in [5.41, 5.74) is 0.851. The van der Waals surface area contributed by atoms with Crippen molar-refractivity contribution in [1.29, 1.82) is 0 Å². The molecule has 2 aromatic carbocycles. The summed E-state index contributed by atoms with van der Waals surface area (Å²) in [7, 11) is -3.97. The van der Waals surface area contributed by atoms with Gasteiger partial charge in [0, 0.05) is 6.04 Å². The molecule has 0 aliphatic rings. The molecule has 0 radical (unpaired) electrons. The highest BCUT2D eigenvalue weighted by molar-refractivity contribution is 7.89. The van der Waals surface area contributed by atoms with E-state index in [0.29, 0.717) is 12.4 Å². The molecule has 0 unspecified atom stereocenters. The van der Waals surface area contributed by atoms with E-state index in [9.17, 15) is 13.2 Å². The molecule has 2 atom stereocenters. The lowest BCUT2D eigenvalue weighted by Gasteiger charge is -2.21. The zero-order valence-electron chi connectivity index (χ0n) is 16.8. The molecular formula is C21H27ClN2O4S. The number of amides is 1. The maximum Gasteiger partial charge on any atom is 0.241 e. The number of ether oxygens (including phenoxy) is 1. The number of halogens is 1. The van der Waals surface area contributed by atoms with Gasteiger partial charge in [0.2, 0.25) is 15.9 Å². The predicted molar refractivity (Wildman–Crippen MR) is 115 cm³/mol. The van der Waals surface area contributed by atoms with Crippen molar-refractivity contribution < 1.29 is 17.9 Å². The summed E-state index contributed by atoms with van der Waals surface area (Å²) in [6.07, 6.45) is 0.970. The van der Waals surface area contributed by atoms with Crippen LogP contribution in [-0.4, -0.2) is 33.0 Å². The zero-order valence-corrected chi connectivity index (χ0v) is 18.4. The van der Waals surface area contributed by atoms with Crippen LogP contribution in [-0.2, 0) is 21.2 Å². The molecule has 0 heterocycles. The molecule has 0 aromatic heterocycles. The molecule has 1 amide bonds. The number of sulfonamides is 1. The number of hydrogen-bond donors (Lipinski definition) is 2. The first kappa shape index (κ1) is 23.2. The van der Waals surface area contributed by atoms with Crippen LogP contribution in [0.4, 0.5) is 0 Å². The second-order valence-corrected chi connectivity index (χ2v) is 8.83. The number of carbonyl (C=O) groups excluding carboxylic acids is 1. The number of rotatable bonds is 10. The van der Waals surface area contributed by atoms with Gasteiger partial charge in [-0.1, -0.05) is 48.9 Å². The fraction of sp³-hybridized carbons (Fsp3) is 0.381. The minimum atomic E-state index is -3.97. The van der Waals surface area contributed by atoms with Crippen LogP contribution in [0, 0.1) is 0 Å². The van der Waals surface area contributed by atoms with Gasteiger partial charge in [-0.05, 0) is 50.5 Å². The van der Waals surface area contributed by atoms with E-state index in [2.05, 4.69) is 10.0 Å². The third-order valence-corrected chi connectivity index (χ3v) is 6.18. The Morgan fingerprint density at radius 3 is 2.41 bits per heavy atom. The molecule has 0 saturated heterocycles. The van der Waals surface area contributed by atoms with Crippen LogP contribution in [0.2, 0.25) is 5.02 Å². The minimum absolute atomic E-state index is 0.0274. The Kier molecular flexibility index (Phi) is 8.49. The highest BCUT2D eigenvalue weighted by atomic mass is 35.5. The molecule has 2 N–H and O–H groups in total. The van der Waals surface area contributed by atoms with Crippen LogP contribution in [0.5, 0.6) is 5.75 Å². The molecule has 0 spiro atoms. The maximum atomic E-state index is 12.9. The smallest absolute Gasteiger partial charge is 0.241 e. The van der Waals surface area contributed by atoms with Crippen molar-refractivity contribution in [3.63, 3.8) is 0 Å². The van der Waals surface area contributed by atoms with E-state index in [1.165, 1.54) is 18.2 Å². The fourth-order valence-corrected chi connectivity index (χ4v) is 4.18. The van der Waals surface area contributed by atoms with Crippen LogP contribution in [0.3, 0.4) is 0 Å². The van der Waals surface area contributed by atoms with Gasteiger partial charge in [0.25, 0.3) is 0 Å². The lowest BCUT2D eigenvalue weighted by Crippen LogP contribution is -2.50. The van der Waals surface area contributed by atoms with Gasteiger partial charge in [-0.2, -0.15) is 4.72 Å². The summed E-state index contributed by atoms with van der Waals surface area (Å²) in [4.78, 5) is 12.7. The van der Waals surface area contributed by atoms with E-state index in [0.717, 1.165) is 12.0 Å². The second kappa shape index (κ2) is 10.6. The Morgan fingerprint density at radius 2 is 1.83 bits per heavy atom. The summed E-state index contributed by atoms with van der Waals surface area (Å²) < 4.78 is 33.7. The second-order valence-electron chi connectivity index (χ2n) is 6.71. The molecule has 0 bridgehead atoms. The van der Waals surface area contributed by atoms with Crippen molar-refractivity contribution in [2.45, 2.75) is 50.6 Å². The van der Waals surface area contributed by atoms with Crippen molar-refractivity contribution in [1.82, 2.24) is 10.0 Å². The Balaban J connectivity index is 2.28. The van der Waals surface area contributed by atoms with Gasteiger partial charge in [0.15, 0.2) is 0 Å². The maximum absolute atomic E-state index is 12.9. The van der Waals surface area contributed by atoms with Gasteiger partial charge >= 0.3 is 0 Å². The molecule has 0 saturated carbocycles. The molecule has 6 nitrogen and oxygen atoms in total. The number of nitrogens with one attached hydrogen (secondary N) is 2. The molecule has 0 fully saturated rings. The van der Waals surface area contributed by atoms with Crippen LogP contribution in [0.15, 0.2) is 53.4 Å². The number of carbonyl (C=O) groups is 1. The van der Waals surface area contributed by atoms with E-state index in [1.807, 2.05) is 51.1 Å². The van der Waals surface area contributed by atoms with Crippen LogP contribution in [0.25, 0.3) is 0 Å². The molecule has 158 valence electrons. The van der Waals surface area contributed by atoms with Crippen molar-refractivity contribution in [2.24, 2.45) is 0 Å². The summed E-state index contributed by atoms with van der Waals surface area (Å²) in [6.45, 7) is 6.05. The van der Waals surface area contributed by atoms with E-state index in [4.69, 9.17) is 16.3 Å². The topological polar surface area (TPSA) is 84.5 Å². The molecule has 2 aromatic rings. The molecule has 29 heavy (non-hydrogen) atoms. The fourth-order valence-electron chi connectivity index (χ4n) is 2.66. The van der Waals surface area contributed by atoms with E-state index >= 15 is 0 Å². The summed E-state index contributed by atoms with van der Waals surface area (Å²) >= 11 is 6.13. The van der Waals surface area contributed by atoms with Crippen LogP contribution >= 0.6 is 11.6 Å². The lowest BCUT2D eigenvalue weighted by molar-refractivity contribution is -0.123. The molecule has 0 aliphatic carbocycles. The Labute approximate surface area is 177 Å². The average molecular weight is 439 g/mol. The van der Waals surface area contributed by atoms with Gasteiger partial charge in [-0.25, -0.2) is 8.42 Å². The van der Waals surface area contributed by atoms with Gasteiger partial charge < -0.3 is 10.1 Å². The van der Waals surface area contributed by atoms with E-state index < -0.39 is 16.1 Å². The zero-order chi connectivity index (χ0) is 21.4. The number of hydrogen-bond acceptors (Lipinski definition) is 4. The van der Waals surface area contributed by atoms with Gasteiger partial charge in [-0.3, -0.25) is 4.79 Å². The van der Waals surface area contributed by atoms with Crippen LogP contribution in [0.1, 0.15) is 32.8 Å². The van der Waals surface area contributed by atoms with E-state index in [1.54, 1.807) is 0 Å². The first-order valence-corrected chi connectivity index (χ1v) is 11.4. The molecule has 2 rings (SSSR count). The highest BCUT2D eigenvalue weighted by Gasteiger charge is 2.27. The standard InChI is InChI=1S/C21H27ClN2O4S/c1-4-15(3)23-21(25)19(13-16-9-7-6-8-10-16)24-29(26,27)17-11-12-20(28-5-2)18(22)14-17/h6-12,14-15,19,24H,4-5,13H2,1-3H3,(H,23,25)/t15-,19-/m0/s1. The van der Waals surface area contributed by atoms with Gasteiger partial charge in [-0.15, -0.1) is 0 Å². The third-order valence-electron chi connectivity index (χ3n) is 4.41. The monoisotopic (exact) mass is 438 g/mol. The first-order valence-electron chi connectivity index (χ1n) is 9.55. The van der Waals surface area contributed by atoms with Gasteiger partial charge in [0.1, 0.15) is 11.8 Å². The first-order chi connectivity index (χ1) is 13.8. The third kappa shape index (κ3) is 6.73. The molecular weight excluding hydrogens is 412 g/mol. The SMILES string of the molecule is CCOc1ccc(S(=O)(=O)N[C@@H](Cc2ccccc2)C(=O)N[C@@H](C)CC)cc1Cl. The van der Waals surface area contributed by atoms with Crippen molar-refractivity contribution in [3.8, 4) is 5.75 Å². The normalized spacial score (nSPS) is 13.5. The van der Waals surface area contributed by atoms with Crippen LogP contribution < -0.4 is 14.8 Å². The molecule has 8 heteroatoms. The quantitative estimate of drug-likeness (QED) is 0.594. The summed E-state index contributed by atoms with van der Waals surface area (Å²) in [5, 5.41) is 3.04. The minimum Gasteiger partial charge on any atom is -0.492 e. The van der Waals surface area contributed by atoms with Gasteiger partial charge in [0.05, 0.1) is 16.5 Å². The average Bonchev–Trinajstić information content (AvgIpc) is 2.69. The largest absolute Gasteiger partial charge is 0.492 e. The van der Waals surface area contributed by atoms with Crippen molar-refractivity contribution in [3.05, 3.63) is 59.1 Å². The Bertz CT molecular complexity index is 920. The highest BCUT2D eigenvalue weighted by Crippen LogP contribution is 2.27. The van der Waals surface area contributed by atoms with E-state index in [-0.39, 0.29) is 28.3 Å². The Morgan fingerprint density at radius 1 is 1.14 bits per heavy atom. The summed E-state index contributed by atoms with van der Waals surface area (Å²) in [6, 6.07) is 12.5. The number of benzene rings is 2.